The molecule has 126 valence electrons. The van der Waals surface area contributed by atoms with Gasteiger partial charge >= 0.3 is 5.97 Å². The van der Waals surface area contributed by atoms with E-state index in [4.69, 9.17) is 4.74 Å². The Morgan fingerprint density at radius 3 is 2.62 bits per heavy atom. The number of hydrogen-bond acceptors (Lipinski definition) is 4. The number of pyridine rings is 1. The molecule has 1 aromatic carbocycles. The smallest absolute Gasteiger partial charge is 0.354 e. The summed E-state index contributed by atoms with van der Waals surface area (Å²) in [6.07, 6.45) is 3.60. The highest BCUT2D eigenvalue weighted by molar-refractivity contribution is 5.93. The molecule has 2 rings (SSSR count). The van der Waals surface area contributed by atoms with Crippen molar-refractivity contribution in [1.82, 2.24) is 4.98 Å². The normalized spacial score (nSPS) is 11.0. The lowest BCUT2D eigenvalue weighted by Crippen LogP contribution is -2.17. The topological polar surface area (TPSA) is 71.5 Å². The molecule has 0 spiro atoms. The number of rotatable bonds is 6. The Balaban J connectivity index is 2.55. The Morgan fingerprint density at radius 1 is 1.29 bits per heavy atom. The van der Waals surface area contributed by atoms with E-state index in [0.29, 0.717) is 17.8 Å². The second-order valence-corrected chi connectivity index (χ2v) is 5.58. The van der Waals surface area contributed by atoms with Crippen molar-refractivity contribution in [1.29, 1.82) is 0 Å². The zero-order chi connectivity index (χ0) is 17.5. The van der Waals surface area contributed by atoms with E-state index in [9.17, 15) is 9.59 Å². The maximum absolute atomic E-state index is 12.5. The molecule has 1 aromatic heterocycles. The Labute approximate surface area is 141 Å². The van der Waals surface area contributed by atoms with Crippen molar-refractivity contribution in [2.75, 3.05) is 13.7 Å². The summed E-state index contributed by atoms with van der Waals surface area (Å²) >= 11 is 0. The molecule has 0 saturated carbocycles. The van der Waals surface area contributed by atoms with E-state index in [0.717, 1.165) is 24.0 Å². The summed E-state index contributed by atoms with van der Waals surface area (Å²) in [5.41, 5.74) is 2.82. The van der Waals surface area contributed by atoms with Crippen LogP contribution in [-0.2, 0) is 4.74 Å². The van der Waals surface area contributed by atoms with Crippen LogP contribution in [0.1, 0.15) is 41.4 Å². The number of hydrogen-bond donors (Lipinski definition) is 1. The maximum atomic E-state index is 12.5. The molecule has 24 heavy (non-hydrogen) atoms. The molecule has 0 unspecified atom stereocenters. The molecule has 0 atom stereocenters. The van der Waals surface area contributed by atoms with Crippen molar-refractivity contribution in [3.63, 3.8) is 0 Å². The molecule has 0 amide bonds. The zero-order valence-corrected chi connectivity index (χ0v) is 14.3. The molecule has 0 aliphatic heterocycles. The molecular formula is C19H22N2O3. The SMILES string of the molecule is CCCCN=Cc1c(-c2ccc(C)cc2)[nH]c(C(=O)OC)cc1=O. The minimum absolute atomic E-state index is 0.129. The van der Waals surface area contributed by atoms with Crippen LogP contribution in [0.15, 0.2) is 40.1 Å². The average Bonchev–Trinajstić information content (AvgIpc) is 2.59. The van der Waals surface area contributed by atoms with E-state index in [1.54, 1.807) is 6.21 Å². The lowest BCUT2D eigenvalue weighted by atomic mass is 10.0. The number of unbranched alkanes of at least 4 members (excludes halogenated alkanes) is 1. The number of aliphatic imine (C=N–C) groups is 1. The number of aryl methyl sites for hydroxylation is 1. The van der Waals surface area contributed by atoms with Crippen molar-refractivity contribution in [3.05, 3.63) is 57.4 Å². The van der Waals surface area contributed by atoms with Crippen LogP contribution in [0.2, 0.25) is 0 Å². The van der Waals surface area contributed by atoms with Gasteiger partial charge in [-0.2, -0.15) is 0 Å². The lowest BCUT2D eigenvalue weighted by Gasteiger charge is -2.09. The van der Waals surface area contributed by atoms with Crippen LogP contribution in [-0.4, -0.2) is 30.8 Å². The summed E-state index contributed by atoms with van der Waals surface area (Å²) in [5, 5.41) is 0. The third kappa shape index (κ3) is 4.19. The van der Waals surface area contributed by atoms with Crippen LogP contribution in [0.3, 0.4) is 0 Å². The number of H-pyrrole nitrogens is 1. The van der Waals surface area contributed by atoms with Gasteiger partial charge in [0.2, 0.25) is 0 Å². The van der Waals surface area contributed by atoms with Gasteiger partial charge in [-0.25, -0.2) is 4.79 Å². The predicted molar refractivity (Wildman–Crippen MR) is 95.9 cm³/mol. The molecule has 0 bridgehead atoms. The molecule has 0 fully saturated rings. The number of nitrogens with one attached hydrogen (secondary N) is 1. The molecule has 5 nitrogen and oxygen atoms in total. The van der Waals surface area contributed by atoms with E-state index < -0.39 is 5.97 Å². The van der Waals surface area contributed by atoms with Gasteiger partial charge in [0.25, 0.3) is 0 Å². The summed E-state index contributed by atoms with van der Waals surface area (Å²) in [6, 6.07) is 8.98. The summed E-state index contributed by atoms with van der Waals surface area (Å²) < 4.78 is 4.71. The highest BCUT2D eigenvalue weighted by atomic mass is 16.5. The van der Waals surface area contributed by atoms with Crippen LogP contribution in [0.4, 0.5) is 0 Å². The molecular weight excluding hydrogens is 304 g/mol. The molecule has 1 heterocycles. The molecule has 0 saturated heterocycles. The van der Waals surface area contributed by atoms with Crippen molar-refractivity contribution >= 4 is 12.2 Å². The fraction of sp³-hybridized carbons (Fsp3) is 0.316. The first-order valence-electron chi connectivity index (χ1n) is 7.99. The first-order chi connectivity index (χ1) is 11.6. The number of nitrogens with zero attached hydrogens (tertiary/aromatic N) is 1. The van der Waals surface area contributed by atoms with E-state index >= 15 is 0 Å². The van der Waals surface area contributed by atoms with Crippen LogP contribution < -0.4 is 5.43 Å². The van der Waals surface area contributed by atoms with Crippen molar-refractivity contribution in [2.45, 2.75) is 26.7 Å². The number of aromatic nitrogens is 1. The van der Waals surface area contributed by atoms with Gasteiger partial charge in [-0.15, -0.1) is 0 Å². The van der Waals surface area contributed by atoms with Crippen LogP contribution in [0, 0.1) is 6.92 Å². The summed E-state index contributed by atoms with van der Waals surface area (Å²) in [4.78, 5) is 31.6. The standard InChI is InChI=1S/C19H22N2O3/c1-4-5-10-20-12-15-17(22)11-16(19(23)24-3)21-18(15)14-8-6-13(2)7-9-14/h6-9,11-12H,4-5,10H2,1-3H3,(H,21,22). The number of methoxy groups -OCH3 is 1. The van der Waals surface area contributed by atoms with Gasteiger partial charge in [0.05, 0.1) is 18.4 Å². The van der Waals surface area contributed by atoms with Gasteiger partial charge in [0, 0.05) is 18.8 Å². The Hall–Kier alpha value is -2.69. The first-order valence-corrected chi connectivity index (χ1v) is 7.99. The fourth-order valence-electron chi connectivity index (χ4n) is 2.27. The zero-order valence-electron chi connectivity index (χ0n) is 14.3. The van der Waals surface area contributed by atoms with Gasteiger partial charge in [-0.1, -0.05) is 43.2 Å². The summed E-state index contributed by atoms with van der Waals surface area (Å²) in [6.45, 7) is 4.75. The maximum Gasteiger partial charge on any atom is 0.354 e. The summed E-state index contributed by atoms with van der Waals surface area (Å²) in [5.74, 6) is -0.574. The van der Waals surface area contributed by atoms with Gasteiger partial charge in [-0.05, 0) is 18.9 Å². The van der Waals surface area contributed by atoms with E-state index in [2.05, 4.69) is 16.9 Å². The van der Waals surface area contributed by atoms with E-state index in [-0.39, 0.29) is 11.1 Å². The lowest BCUT2D eigenvalue weighted by molar-refractivity contribution is 0.0594. The van der Waals surface area contributed by atoms with Gasteiger partial charge in [-0.3, -0.25) is 9.79 Å². The van der Waals surface area contributed by atoms with E-state index in [1.807, 2.05) is 31.2 Å². The van der Waals surface area contributed by atoms with Crippen LogP contribution >= 0.6 is 0 Å². The molecule has 5 heteroatoms. The number of benzene rings is 1. The molecule has 0 aliphatic rings. The minimum Gasteiger partial charge on any atom is -0.464 e. The third-order valence-corrected chi connectivity index (χ3v) is 3.68. The van der Waals surface area contributed by atoms with Crippen molar-refractivity contribution in [2.24, 2.45) is 4.99 Å². The highest BCUT2D eigenvalue weighted by Crippen LogP contribution is 2.20. The monoisotopic (exact) mass is 326 g/mol. The quantitative estimate of drug-likeness (QED) is 0.503. The number of carbonyl (C=O) groups excluding carboxylic acids is 1. The second-order valence-electron chi connectivity index (χ2n) is 5.58. The number of esters is 1. The van der Waals surface area contributed by atoms with Crippen molar-refractivity contribution in [3.8, 4) is 11.3 Å². The molecule has 2 aromatic rings. The van der Waals surface area contributed by atoms with Crippen molar-refractivity contribution < 1.29 is 9.53 Å². The van der Waals surface area contributed by atoms with E-state index in [1.165, 1.54) is 13.2 Å². The van der Waals surface area contributed by atoms with Gasteiger partial charge in [0.1, 0.15) is 5.69 Å². The predicted octanol–water partition coefficient (Wildman–Crippen LogP) is 3.36. The Bertz CT molecular complexity index is 789. The fourth-order valence-corrected chi connectivity index (χ4v) is 2.27. The summed E-state index contributed by atoms with van der Waals surface area (Å²) in [7, 11) is 1.28. The average molecular weight is 326 g/mol. The second kappa shape index (κ2) is 8.24. The number of ether oxygens (including phenoxy) is 1. The van der Waals surface area contributed by atoms with Gasteiger partial charge < -0.3 is 9.72 Å². The Morgan fingerprint density at radius 2 is 2.00 bits per heavy atom. The molecule has 0 aliphatic carbocycles. The molecule has 1 N–H and O–H groups in total. The highest BCUT2D eigenvalue weighted by Gasteiger charge is 2.14. The van der Waals surface area contributed by atoms with Gasteiger partial charge in [0.15, 0.2) is 5.43 Å². The first kappa shape index (κ1) is 17.7. The minimum atomic E-state index is -0.574. The Kier molecular flexibility index (Phi) is 6.07. The number of aromatic amines is 1. The number of carbonyl (C=O) groups is 1. The van der Waals surface area contributed by atoms with Crippen LogP contribution in [0.25, 0.3) is 11.3 Å². The largest absolute Gasteiger partial charge is 0.464 e. The third-order valence-electron chi connectivity index (χ3n) is 3.68. The molecule has 0 radical (unpaired) electrons. The van der Waals surface area contributed by atoms with Crippen LogP contribution in [0.5, 0.6) is 0 Å².